The molecule has 0 aromatic carbocycles. The number of nitrogens with one attached hydrogen (secondary N) is 1. The first kappa shape index (κ1) is 13.0. The van der Waals surface area contributed by atoms with Crippen LogP contribution >= 0.6 is 0 Å². The topological polar surface area (TPSA) is 92.9 Å². The van der Waals surface area contributed by atoms with Crippen LogP contribution in [0.25, 0.3) is 0 Å². The molecule has 100 valence electrons. The highest BCUT2D eigenvalue weighted by Gasteiger charge is 2.17. The van der Waals surface area contributed by atoms with Crippen molar-refractivity contribution < 1.29 is 9.90 Å². The summed E-state index contributed by atoms with van der Waals surface area (Å²) in [5, 5.41) is 24.1. The molecule has 0 bridgehead atoms. The zero-order valence-electron chi connectivity index (χ0n) is 11.0. The molecule has 0 amide bonds. The molecule has 0 saturated heterocycles. The van der Waals surface area contributed by atoms with Crippen LogP contribution in [0.5, 0.6) is 0 Å². The number of nitrogens with zero attached hydrogens (tertiary/aromatic N) is 4. The van der Waals surface area contributed by atoms with E-state index in [-0.39, 0.29) is 11.4 Å². The fraction of sp³-hybridized carbons (Fsp3) is 0.333. The number of aromatic carboxylic acids is 1. The molecule has 0 spiro atoms. The monoisotopic (exact) mass is 261 g/mol. The summed E-state index contributed by atoms with van der Waals surface area (Å²) in [6, 6.07) is 0. The van der Waals surface area contributed by atoms with E-state index in [1.807, 2.05) is 13.2 Å². The number of carbonyl (C=O) groups is 1. The SMILES string of the molecule is Cc1nnc(NCc2cnn(C)c2)c(C(=O)O)c1C. The molecule has 2 rings (SSSR count). The van der Waals surface area contributed by atoms with Crippen molar-refractivity contribution in [3.63, 3.8) is 0 Å². The highest BCUT2D eigenvalue weighted by atomic mass is 16.4. The number of anilines is 1. The van der Waals surface area contributed by atoms with Gasteiger partial charge in [-0.25, -0.2) is 4.79 Å². The van der Waals surface area contributed by atoms with Crippen LogP contribution in [0, 0.1) is 13.8 Å². The molecule has 0 unspecified atom stereocenters. The van der Waals surface area contributed by atoms with Crippen LogP contribution in [0.15, 0.2) is 12.4 Å². The van der Waals surface area contributed by atoms with E-state index in [1.54, 1.807) is 24.7 Å². The summed E-state index contributed by atoms with van der Waals surface area (Å²) in [5.41, 5.74) is 2.34. The molecular formula is C12H15N5O2. The van der Waals surface area contributed by atoms with E-state index in [0.717, 1.165) is 5.56 Å². The van der Waals surface area contributed by atoms with Gasteiger partial charge in [0.2, 0.25) is 0 Å². The fourth-order valence-electron chi connectivity index (χ4n) is 1.74. The fourth-order valence-corrected chi connectivity index (χ4v) is 1.74. The van der Waals surface area contributed by atoms with Crippen LogP contribution in [0.4, 0.5) is 5.82 Å². The Balaban J connectivity index is 2.25. The van der Waals surface area contributed by atoms with Crippen molar-refractivity contribution in [2.75, 3.05) is 5.32 Å². The van der Waals surface area contributed by atoms with Gasteiger partial charge in [-0.15, -0.1) is 5.10 Å². The van der Waals surface area contributed by atoms with Crippen molar-refractivity contribution in [2.45, 2.75) is 20.4 Å². The van der Waals surface area contributed by atoms with E-state index >= 15 is 0 Å². The van der Waals surface area contributed by atoms with E-state index in [9.17, 15) is 9.90 Å². The normalized spacial score (nSPS) is 10.5. The second-order valence-corrected chi connectivity index (χ2v) is 4.31. The third-order valence-corrected chi connectivity index (χ3v) is 2.89. The molecule has 0 radical (unpaired) electrons. The van der Waals surface area contributed by atoms with Gasteiger partial charge in [0.05, 0.1) is 11.9 Å². The maximum atomic E-state index is 11.3. The van der Waals surface area contributed by atoms with Crippen molar-refractivity contribution >= 4 is 11.8 Å². The van der Waals surface area contributed by atoms with E-state index in [2.05, 4.69) is 20.6 Å². The maximum Gasteiger partial charge on any atom is 0.339 e. The van der Waals surface area contributed by atoms with Gasteiger partial charge in [0, 0.05) is 25.4 Å². The first-order valence-corrected chi connectivity index (χ1v) is 5.77. The lowest BCUT2D eigenvalue weighted by Gasteiger charge is -2.10. The Morgan fingerprint density at radius 3 is 2.74 bits per heavy atom. The van der Waals surface area contributed by atoms with Crippen molar-refractivity contribution in [1.82, 2.24) is 20.0 Å². The third-order valence-electron chi connectivity index (χ3n) is 2.89. The Morgan fingerprint density at radius 2 is 2.16 bits per heavy atom. The second kappa shape index (κ2) is 5.05. The molecule has 0 fully saturated rings. The van der Waals surface area contributed by atoms with Crippen LogP contribution in [0.3, 0.4) is 0 Å². The molecular weight excluding hydrogens is 246 g/mol. The molecule has 0 aliphatic heterocycles. The number of rotatable bonds is 4. The first-order chi connectivity index (χ1) is 8.99. The summed E-state index contributed by atoms with van der Waals surface area (Å²) in [4.78, 5) is 11.3. The average Bonchev–Trinajstić information content (AvgIpc) is 2.76. The molecule has 0 saturated carbocycles. The zero-order chi connectivity index (χ0) is 14.0. The standard InChI is InChI=1S/C12H15N5O2/c1-7-8(2)15-16-11(10(7)12(18)19)13-4-9-5-14-17(3)6-9/h5-6H,4H2,1-3H3,(H,13,16)(H,18,19). The van der Waals surface area contributed by atoms with Gasteiger partial charge in [-0.1, -0.05) is 0 Å². The molecule has 2 aromatic heterocycles. The van der Waals surface area contributed by atoms with E-state index in [0.29, 0.717) is 17.8 Å². The number of aryl methyl sites for hydroxylation is 2. The van der Waals surface area contributed by atoms with Crippen molar-refractivity contribution in [1.29, 1.82) is 0 Å². The summed E-state index contributed by atoms with van der Waals surface area (Å²) < 4.78 is 1.68. The highest BCUT2D eigenvalue weighted by molar-refractivity contribution is 5.94. The lowest BCUT2D eigenvalue weighted by molar-refractivity contribution is 0.0696. The lowest BCUT2D eigenvalue weighted by atomic mass is 10.1. The second-order valence-electron chi connectivity index (χ2n) is 4.31. The molecule has 2 heterocycles. The number of carboxylic acid groups (broad SMARTS) is 1. The Bertz CT molecular complexity index is 621. The molecule has 0 aliphatic rings. The van der Waals surface area contributed by atoms with Crippen LogP contribution in [0.2, 0.25) is 0 Å². The smallest absolute Gasteiger partial charge is 0.339 e. The largest absolute Gasteiger partial charge is 0.478 e. The van der Waals surface area contributed by atoms with Gasteiger partial charge in [-0.3, -0.25) is 4.68 Å². The molecule has 2 N–H and O–H groups in total. The van der Waals surface area contributed by atoms with Gasteiger partial charge in [-0.2, -0.15) is 10.2 Å². The minimum Gasteiger partial charge on any atom is -0.478 e. The van der Waals surface area contributed by atoms with Crippen LogP contribution in [-0.4, -0.2) is 31.1 Å². The van der Waals surface area contributed by atoms with E-state index < -0.39 is 5.97 Å². The Morgan fingerprint density at radius 1 is 1.42 bits per heavy atom. The highest BCUT2D eigenvalue weighted by Crippen LogP contribution is 2.18. The quantitative estimate of drug-likeness (QED) is 0.857. The maximum absolute atomic E-state index is 11.3. The van der Waals surface area contributed by atoms with Crippen LogP contribution < -0.4 is 5.32 Å². The summed E-state index contributed by atoms with van der Waals surface area (Å²) >= 11 is 0. The van der Waals surface area contributed by atoms with E-state index in [1.165, 1.54) is 0 Å². The van der Waals surface area contributed by atoms with Gasteiger partial charge >= 0.3 is 5.97 Å². The number of carboxylic acids is 1. The van der Waals surface area contributed by atoms with Gasteiger partial charge < -0.3 is 10.4 Å². The summed E-state index contributed by atoms with van der Waals surface area (Å²) in [7, 11) is 1.82. The third kappa shape index (κ3) is 2.70. The molecule has 19 heavy (non-hydrogen) atoms. The number of hydrogen-bond acceptors (Lipinski definition) is 5. The molecule has 7 heteroatoms. The van der Waals surface area contributed by atoms with E-state index in [4.69, 9.17) is 0 Å². The molecule has 7 nitrogen and oxygen atoms in total. The van der Waals surface area contributed by atoms with Gasteiger partial charge in [0.1, 0.15) is 5.56 Å². The zero-order valence-corrected chi connectivity index (χ0v) is 11.0. The summed E-state index contributed by atoms with van der Waals surface area (Å²) in [5.74, 6) is -0.733. The predicted octanol–water partition coefficient (Wildman–Crippen LogP) is 1.14. The van der Waals surface area contributed by atoms with Crippen molar-refractivity contribution in [3.8, 4) is 0 Å². The summed E-state index contributed by atoms with van der Waals surface area (Å²) in [6.07, 6.45) is 3.56. The first-order valence-electron chi connectivity index (χ1n) is 5.77. The minimum absolute atomic E-state index is 0.163. The number of hydrogen-bond donors (Lipinski definition) is 2. The van der Waals surface area contributed by atoms with Crippen LogP contribution in [-0.2, 0) is 13.6 Å². The van der Waals surface area contributed by atoms with Gasteiger partial charge in [0.25, 0.3) is 0 Å². The molecule has 2 aromatic rings. The van der Waals surface area contributed by atoms with Gasteiger partial charge in [-0.05, 0) is 19.4 Å². The predicted molar refractivity (Wildman–Crippen MR) is 69.0 cm³/mol. The Hall–Kier alpha value is -2.44. The Kier molecular flexibility index (Phi) is 3.46. The number of aromatic nitrogens is 4. The summed E-state index contributed by atoms with van der Waals surface area (Å²) in [6.45, 7) is 3.91. The average molecular weight is 261 g/mol. The Labute approximate surface area is 110 Å². The van der Waals surface area contributed by atoms with Crippen LogP contribution in [0.1, 0.15) is 27.2 Å². The minimum atomic E-state index is -1.01. The lowest BCUT2D eigenvalue weighted by Crippen LogP contribution is -2.12. The van der Waals surface area contributed by atoms with Crippen molar-refractivity contribution in [3.05, 3.63) is 34.8 Å². The van der Waals surface area contributed by atoms with Gasteiger partial charge in [0.15, 0.2) is 5.82 Å². The molecule has 0 atom stereocenters. The molecule has 0 aliphatic carbocycles. The van der Waals surface area contributed by atoms with Crippen molar-refractivity contribution in [2.24, 2.45) is 7.05 Å².